The molecule has 1 unspecified atom stereocenters. The van der Waals surface area contributed by atoms with Crippen LogP contribution in [0.25, 0.3) is 0 Å². The quantitative estimate of drug-likeness (QED) is 0.812. The summed E-state index contributed by atoms with van der Waals surface area (Å²) in [5.74, 6) is 1.29. The molecule has 1 atom stereocenters. The molecule has 0 aliphatic carbocycles. The van der Waals surface area contributed by atoms with Crippen LogP contribution >= 0.6 is 23.4 Å². The van der Waals surface area contributed by atoms with Crippen molar-refractivity contribution in [2.75, 3.05) is 12.3 Å². The summed E-state index contributed by atoms with van der Waals surface area (Å²) >= 11 is 7.81. The van der Waals surface area contributed by atoms with Gasteiger partial charge in [-0.05, 0) is 19.1 Å². The number of hydrogen-bond donors (Lipinski definition) is 1. The molecule has 0 aromatic heterocycles. The SMILES string of the molecule is CC(Oc1ccccc1Cl)C(=O)NCCSC(C)(C)C. The first-order valence-electron chi connectivity index (χ1n) is 6.62. The molecule has 0 heterocycles. The predicted molar refractivity (Wildman–Crippen MR) is 86.8 cm³/mol. The number of para-hydroxylation sites is 1. The van der Waals surface area contributed by atoms with Crippen molar-refractivity contribution in [2.24, 2.45) is 0 Å². The van der Waals surface area contributed by atoms with Crippen LogP contribution in [0.4, 0.5) is 0 Å². The molecule has 0 saturated heterocycles. The zero-order valence-electron chi connectivity index (χ0n) is 12.4. The second-order valence-corrected chi connectivity index (χ2v) is 7.77. The number of ether oxygens (including phenoxy) is 1. The van der Waals surface area contributed by atoms with Crippen LogP contribution in [0.15, 0.2) is 24.3 Å². The third-order valence-electron chi connectivity index (χ3n) is 2.45. The summed E-state index contributed by atoms with van der Waals surface area (Å²) in [4.78, 5) is 11.9. The highest BCUT2D eigenvalue weighted by atomic mass is 35.5. The molecule has 5 heteroatoms. The van der Waals surface area contributed by atoms with Crippen molar-refractivity contribution in [3.05, 3.63) is 29.3 Å². The molecule has 0 spiro atoms. The number of carbonyl (C=O) groups excluding carboxylic acids is 1. The van der Waals surface area contributed by atoms with Crippen LogP contribution in [0, 0.1) is 0 Å². The number of rotatable bonds is 6. The van der Waals surface area contributed by atoms with E-state index < -0.39 is 6.10 Å². The highest BCUT2D eigenvalue weighted by Crippen LogP contribution is 2.24. The van der Waals surface area contributed by atoms with Crippen LogP contribution in [0.3, 0.4) is 0 Å². The van der Waals surface area contributed by atoms with Gasteiger partial charge >= 0.3 is 0 Å². The summed E-state index contributed by atoms with van der Waals surface area (Å²) in [5, 5.41) is 3.38. The van der Waals surface area contributed by atoms with Crippen molar-refractivity contribution in [1.29, 1.82) is 0 Å². The standard InChI is InChI=1S/C15H22ClNO2S/c1-11(19-13-8-6-5-7-12(13)16)14(18)17-9-10-20-15(2,3)4/h5-8,11H,9-10H2,1-4H3,(H,17,18). The maximum absolute atomic E-state index is 11.9. The number of hydrogen-bond acceptors (Lipinski definition) is 3. The number of thioether (sulfide) groups is 1. The first-order valence-corrected chi connectivity index (χ1v) is 7.99. The van der Waals surface area contributed by atoms with Crippen molar-refractivity contribution < 1.29 is 9.53 Å². The van der Waals surface area contributed by atoms with Gasteiger partial charge in [0.2, 0.25) is 0 Å². The summed E-state index contributed by atoms with van der Waals surface area (Å²) in [5.41, 5.74) is 0. The Morgan fingerprint density at radius 2 is 2.05 bits per heavy atom. The summed E-state index contributed by atoms with van der Waals surface area (Å²) in [6, 6.07) is 7.14. The molecule has 112 valence electrons. The van der Waals surface area contributed by atoms with Crippen LogP contribution < -0.4 is 10.1 Å². The Labute approximate surface area is 130 Å². The van der Waals surface area contributed by atoms with Gasteiger partial charge in [0.25, 0.3) is 5.91 Å². The minimum absolute atomic E-state index is 0.126. The molecule has 0 bridgehead atoms. The molecule has 1 N–H and O–H groups in total. The van der Waals surface area contributed by atoms with E-state index >= 15 is 0 Å². The molecule has 0 aliphatic heterocycles. The van der Waals surface area contributed by atoms with Crippen molar-refractivity contribution in [3.63, 3.8) is 0 Å². The average Bonchev–Trinajstić information content (AvgIpc) is 2.36. The lowest BCUT2D eigenvalue weighted by Gasteiger charge is -2.18. The Hall–Kier alpha value is -0.870. The van der Waals surface area contributed by atoms with Crippen LogP contribution in [0.5, 0.6) is 5.75 Å². The Morgan fingerprint density at radius 1 is 1.40 bits per heavy atom. The summed E-state index contributed by atoms with van der Waals surface area (Å²) < 4.78 is 5.77. The smallest absolute Gasteiger partial charge is 0.260 e. The average molecular weight is 316 g/mol. The van der Waals surface area contributed by atoms with Gasteiger partial charge in [-0.2, -0.15) is 11.8 Å². The van der Waals surface area contributed by atoms with Crippen molar-refractivity contribution in [3.8, 4) is 5.75 Å². The summed E-state index contributed by atoms with van der Waals surface area (Å²) in [6.45, 7) is 8.82. The number of amides is 1. The third-order valence-corrected chi connectivity index (χ3v) is 4.03. The maximum Gasteiger partial charge on any atom is 0.260 e. The topological polar surface area (TPSA) is 38.3 Å². The summed E-state index contributed by atoms with van der Waals surface area (Å²) in [7, 11) is 0. The Kier molecular flexibility index (Phi) is 6.69. The molecule has 1 aromatic carbocycles. The van der Waals surface area contributed by atoms with E-state index in [-0.39, 0.29) is 10.7 Å². The van der Waals surface area contributed by atoms with Gasteiger partial charge in [-0.3, -0.25) is 4.79 Å². The second kappa shape index (κ2) is 7.79. The molecule has 1 aromatic rings. The van der Waals surface area contributed by atoms with E-state index in [1.165, 1.54) is 0 Å². The molecule has 0 radical (unpaired) electrons. The normalized spacial score (nSPS) is 12.8. The first kappa shape index (κ1) is 17.2. The highest BCUT2D eigenvalue weighted by molar-refractivity contribution is 8.00. The number of benzene rings is 1. The van der Waals surface area contributed by atoms with Gasteiger partial charge in [0.15, 0.2) is 6.10 Å². The van der Waals surface area contributed by atoms with Crippen LogP contribution in [-0.4, -0.2) is 29.1 Å². The fraction of sp³-hybridized carbons (Fsp3) is 0.533. The molecule has 3 nitrogen and oxygen atoms in total. The van der Waals surface area contributed by atoms with Crippen molar-refractivity contribution in [1.82, 2.24) is 5.32 Å². The zero-order chi connectivity index (χ0) is 15.2. The Morgan fingerprint density at radius 3 is 2.65 bits per heavy atom. The molecule has 1 amide bonds. The molecule has 20 heavy (non-hydrogen) atoms. The number of carbonyl (C=O) groups is 1. The maximum atomic E-state index is 11.9. The van der Waals surface area contributed by atoms with Gasteiger partial charge in [-0.15, -0.1) is 0 Å². The lowest BCUT2D eigenvalue weighted by Crippen LogP contribution is -2.37. The minimum atomic E-state index is -0.561. The zero-order valence-corrected chi connectivity index (χ0v) is 14.0. The predicted octanol–water partition coefficient (Wildman–Crippen LogP) is 3.76. The molecule has 0 aliphatic rings. The Bertz CT molecular complexity index is 446. The molecule has 1 rings (SSSR count). The lowest BCUT2D eigenvalue weighted by molar-refractivity contribution is -0.127. The molecule has 0 fully saturated rings. The van der Waals surface area contributed by atoms with Crippen LogP contribution in [-0.2, 0) is 4.79 Å². The van der Waals surface area contributed by atoms with Crippen LogP contribution in [0.2, 0.25) is 5.02 Å². The fourth-order valence-corrected chi connectivity index (χ4v) is 2.46. The van der Waals surface area contributed by atoms with E-state index in [1.54, 1.807) is 19.1 Å². The molecule has 0 saturated carbocycles. The van der Waals surface area contributed by atoms with Gasteiger partial charge in [-0.25, -0.2) is 0 Å². The van der Waals surface area contributed by atoms with E-state index in [0.717, 1.165) is 5.75 Å². The van der Waals surface area contributed by atoms with Gasteiger partial charge in [-0.1, -0.05) is 44.5 Å². The second-order valence-electron chi connectivity index (χ2n) is 5.44. The summed E-state index contributed by atoms with van der Waals surface area (Å²) in [6.07, 6.45) is -0.561. The molecular weight excluding hydrogens is 294 g/mol. The van der Waals surface area contributed by atoms with Gasteiger partial charge in [0, 0.05) is 17.0 Å². The van der Waals surface area contributed by atoms with E-state index in [9.17, 15) is 4.79 Å². The van der Waals surface area contributed by atoms with Gasteiger partial charge in [0.1, 0.15) is 5.75 Å². The fourth-order valence-electron chi connectivity index (χ4n) is 1.46. The van der Waals surface area contributed by atoms with E-state index in [2.05, 4.69) is 26.1 Å². The van der Waals surface area contributed by atoms with E-state index in [1.807, 2.05) is 23.9 Å². The minimum Gasteiger partial charge on any atom is -0.479 e. The van der Waals surface area contributed by atoms with E-state index in [4.69, 9.17) is 16.3 Å². The lowest BCUT2D eigenvalue weighted by atomic mass is 10.3. The van der Waals surface area contributed by atoms with E-state index in [0.29, 0.717) is 17.3 Å². The molecular formula is C15H22ClNO2S. The highest BCUT2D eigenvalue weighted by Gasteiger charge is 2.16. The van der Waals surface area contributed by atoms with Crippen molar-refractivity contribution in [2.45, 2.75) is 38.5 Å². The Balaban J connectivity index is 2.35. The first-order chi connectivity index (χ1) is 9.29. The van der Waals surface area contributed by atoms with Crippen molar-refractivity contribution >= 4 is 29.3 Å². The monoisotopic (exact) mass is 315 g/mol. The number of halogens is 1. The number of nitrogens with one attached hydrogen (secondary N) is 1. The van der Waals surface area contributed by atoms with Gasteiger partial charge in [0.05, 0.1) is 5.02 Å². The third kappa shape index (κ3) is 6.53. The van der Waals surface area contributed by atoms with Crippen LogP contribution in [0.1, 0.15) is 27.7 Å². The van der Waals surface area contributed by atoms with Gasteiger partial charge < -0.3 is 10.1 Å². The largest absolute Gasteiger partial charge is 0.479 e.